The number of fused-ring (bicyclic) bond motifs is 1. The molecule has 0 heterocycles. The first kappa shape index (κ1) is 35.7. The molecule has 0 aliphatic rings. The van der Waals surface area contributed by atoms with Crippen LogP contribution in [-0.4, -0.2) is 57.1 Å². The predicted molar refractivity (Wildman–Crippen MR) is 181 cm³/mol. The van der Waals surface area contributed by atoms with Crippen molar-refractivity contribution in [2.75, 3.05) is 12.4 Å². The zero-order valence-corrected chi connectivity index (χ0v) is 27.8. The number of azo groups is 2. The molecular formula is C30H24N6O11S3. The maximum absolute atomic E-state index is 11.9. The molecule has 0 fully saturated rings. The Balaban J connectivity index is 1.28. The van der Waals surface area contributed by atoms with Crippen LogP contribution in [0.3, 0.4) is 0 Å². The maximum atomic E-state index is 11.9. The highest BCUT2D eigenvalue weighted by Gasteiger charge is 2.20. The molecule has 0 saturated heterocycles. The minimum atomic E-state index is -4.88. The molecule has 0 spiro atoms. The Morgan fingerprint density at radius 2 is 1.20 bits per heavy atom. The van der Waals surface area contributed by atoms with E-state index in [0.717, 1.165) is 12.1 Å². The van der Waals surface area contributed by atoms with Crippen molar-refractivity contribution in [2.24, 2.45) is 25.4 Å². The summed E-state index contributed by atoms with van der Waals surface area (Å²) in [4.78, 5) is 2.33. The second kappa shape index (κ2) is 14.1. The molecule has 0 aromatic heterocycles. The monoisotopic (exact) mass is 740 g/mol. The standard InChI is InChI=1S/C30H24N6O11S3/c1-47-28-16-23(36-34-21-3-2-4-24(14-21)48(38,39)40)11-12-27(28)32-30(37)31-19-7-9-20(10-8-19)33-35-22-6-5-18-13-25(49(41,42)43)17-29(26(18)15-22)50(44,45)46/h2-17H,1H3,(H2,31,32,37)(H,38,39,40)(H,41,42,43)(H,44,45,46). The quantitative estimate of drug-likeness (QED) is 0.0416. The molecule has 5 N–H and O–H groups in total. The molecule has 0 saturated carbocycles. The van der Waals surface area contributed by atoms with Crippen molar-refractivity contribution in [3.05, 3.63) is 97.1 Å². The van der Waals surface area contributed by atoms with Gasteiger partial charge in [-0.2, -0.15) is 50.7 Å². The van der Waals surface area contributed by atoms with Gasteiger partial charge in [0, 0.05) is 17.1 Å². The zero-order chi connectivity index (χ0) is 36.3. The summed E-state index contributed by atoms with van der Waals surface area (Å²) in [6.45, 7) is 0. The first-order valence-corrected chi connectivity index (χ1v) is 18.1. The molecule has 5 rings (SSSR count). The van der Waals surface area contributed by atoms with Crippen LogP contribution in [0.15, 0.2) is 137 Å². The fraction of sp³-hybridized carbons (Fsp3) is 0.0333. The van der Waals surface area contributed by atoms with Crippen LogP contribution in [0.5, 0.6) is 5.75 Å². The summed E-state index contributed by atoms with van der Waals surface area (Å²) in [7, 11) is -12.7. The summed E-state index contributed by atoms with van der Waals surface area (Å²) < 4.78 is 103. The van der Waals surface area contributed by atoms with Gasteiger partial charge in [0.05, 0.1) is 39.7 Å². The van der Waals surface area contributed by atoms with Gasteiger partial charge in [-0.3, -0.25) is 13.7 Å². The molecule has 5 aromatic carbocycles. The minimum absolute atomic E-state index is 0.0506. The highest BCUT2D eigenvalue weighted by Crippen LogP contribution is 2.34. The summed E-state index contributed by atoms with van der Waals surface area (Å²) in [6, 6.07) is 21.2. The van der Waals surface area contributed by atoms with E-state index in [1.807, 2.05) is 0 Å². The highest BCUT2D eigenvalue weighted by molar-refractivity contribution is 7.87. The smallest absolute Gasteiger partial charge is 0.295 e. The lowest BCUT2D eigenvalue weighted by molar-refractivity contribution is 0.416. The first-order valence-electron chi connectivity index (χ1n) is 13.8. The molecule has 0 aliphatic heterocycles. The fourth-order valence-corrected chi connectivity index (χ4v) is 6.22. The van der Waals surface area contributed by atoms with Gasteiger partial charge in [0.15, 0.2) is 0 Å². The van der Waals surface area contributed by atoms with Gasteiger partial charge in [0.25, 0.3) is 36.4 Å². The number of aliphatic hydroxyl groups excluding tert-OH is 1. The van der Waals surface area contributed by atoms with Gasteiger partial charge in [-0.05, 0) is 84.2 Å². The summed E-state index contributed by atoms with van der Waals surface area (Å²) in [6.07, 6.45) is 0. The van der Waals surface area contributed by atoms with Crippen LogP contribution in [0, 0.1) is 0 Å². The Morgan fingerprint density at radius 3 is 1.82 bits per heavy atom. The molecule has 5 aromatic rings. The summed E-state index contributed by atoms with van der Waals surface area (Å²) >= 11 is 0. The van der Waals surface area contributed by atoms with E-state index < -0.39 is 46.2 Å². The SMILES string of the molecule is COc1cc(N=Nc2cccc(S(=O)(=O)O)c2)ccc1N=C(O)Nc1ccc(N=Nc2ccc3cc(S(=O)(=O)O)cc(S(=O)(=O)O)c3c2)cc1. The van der Waals surface area contributed by atoms with E-state index in [0.29, 0.717) is 23.1 Å². The van der Waals surface area contributed by atoms with E-state index in [1.54, 1.807) is 24.3 Å². The third-order valence-corrected chi connectivity index (χ3v) is 9.21. The largest absolute Gasteiger partial charge is 0.494 e. The summed E-state index contributed by atoms with van der Waals surface area (Å²) in [5, 5.41) is 29.4. The number of aliphatic hydroxyl groups is 1. The number of aliphatic imine (C=N–C) groups is 1. The third-order valence-electron chi connectivity index (χ3n) is 6.64. The first-order chi connectivity index (χ1) is 23.5. The van der Waals surface area contributed by atoms with E-state index in [4.69, 9.17) is 4.74 Å². The normalized spacial score (nSPS) is 12.9. The second-order valence-electron chi connectivity index (χ2n) is 10.1. The molecule has 17 nitrogen and oxygen atoms in total. The van der Waals surface area contributed by atoms with Crippen LogP contribution in [0.4, 0.5) is 34.1 Å². The topological polar surface area (TPSA) is 266 Å². The molecule has 0 unspecified atom stereocenters. The van der Waals surface area contributed by atoms with Crippen molar-refractivity contribution in [3.8, 4) is 5.75 Å². The van der Waals surface area contributed by atoms with E-state index in [9.17, 15) is 44.0 Å². The van der Waals surface area contributed by atoms with Crippen LogP contribution in [0.25, 0.3) is 10.8 Å². The van der Waals surface area contributed by atoms with E-state index in [1.165, 1.54) is 61.7 Å². The number of nitrogens with zero attached hydrogens (tertiary/aromatic N) is 5. The second-order valence-corrected chi connectivity index (χ2v) is 14.3. The summed E-state index contributed by atoms with van der Waals surface area (Å²) in [5.41, 5.74) is 1.68. The Labute approximate surface area is 284 Å². The predicted octanol–water partition coefficient (Wildman–Crippen LogP) is 7.08. The average molecular weight is 741 g/mol. The fourth-order valence-electron chi connectivity index (χ4n) is 4.35. The Morgan fingerprint density at radius 1 is 0.620 bits per heavy atom. The van der Waals surface area contributed by atoms with Crippen LogP contribution in [-0.2, 0) is 30.4 Å². The molecule has 0 bridgehead atoms. The van der Waals surface area contributed by atoms with E-state index in [2.05, 4.69) is 30.8 Å². The van der Waals surface area contributed by atoms with Gasteiger partial charge in [0.1, 0.15) is 16.3 Å². The molecule has 20 heteroatoms. The zero-order valence-electron chi connectivity index (χ0n) is 25.3. The Bertz CT molecular complexity index is 2540. The number of methoxy groups -OCH3 is 1. The number of hydrogen-bond acceptors (Lipinski definition) is 12. The minimum Gasteiger partial charge on any atom is -0.494 e. The van der Waals surface area contributed by atoms with Crippen LogP contribution in [0.2, 0.25) is 0 Å². The third kappa shape index (κ3) is 8.87. The van der Waals surface area contributed by atoms with Crippen molar-refractivity contribution in [2.45, 2.75) is 14.7 Å². The molecule has 0 amide bonds. The van der Waals surface area contributed by atoms with Gasteiger partial charge < -0.3 is 15.2 Å². The van der Waals surface area contributed by atoms with E-state index in [-0.39, 0.29) is 38.5 Å². The van der Waals surface area contributed by atoms with E-state index >= 15 is 0 Å². The molecule has 50 heavy (non-hydrogen) atoms. The molecule has 0 aliphatic carbocycles. The van der Waals surface area contributed by atoms with Crippen LogP contribution >= 0.6 is 0 Å². The lowest BCUT2D eigenvalue weighted by Crippen LogP contribution is -2.10. The van der Waals surface area contributed by atoms with Crippen LogP contribution in [0.1, 0.15) is 0 Å². The lowest BCUT2D eigenvalue weighted by Gasteiger charge is -2.08. The summed E-state index contributed by atoms with van der Waals surface area (Å²) in [5.74, 6) is 0.230. The Hall–Kier alpha value is -5.64. The van der Waals surface area contributed by atoms with Gasteiger partial charge in [-0.15, -0.1) is 0 Å². The van der Waals surface area contributed by atoms with Crippen molar-refractivity contribution >= 4 is 81.3 Å². The van der Waals surface area contributed by atoms with Gasteiger partial charge in [-0.25, -0.2) is 0 Å². The van der Waals surface area contributed by atoms with Gasteiger partial charge in [-0.1, -0.05) is 12.1 Å². The molecule has 0 atom stereocenters. The number of rotatable bonds is 10. The molecular weight excluding hydrogens is 717 g/mol. The molecule has 0 radical (unpaired) electrons. The van der Waals surface area contributed by atoms with Crippen LogP contribution < -0.4 is 10.1 Å². The van der Waals surface area contributed by atoms with Gasteiger partial charge in [0.2, 0.25) is 0 Å². The highest BCUT2D eigenvalue weighted by atomic mass is 32.2. The average Bonchev–Trinajstić information content (AvgIpc) is 3.05. The lowest BCUT2D eigenvalue weighted by atomic mass is 10.1. The Kier molecular flexibility index (Phi) is 10.0. The van der Waals surface area contributed by atoms with Gasteiger partial charge >= 0.3 is 0 Å². The van der Waals surface area contributed by atoms with Crippen molar-refractivity contribution in [1.29, 1.82) is 0 Å². The maximum Gasteiger partial charge on any atom is 0.295 e. The van der Waals surface area contributed by atoms with Crippen molar-refractivity contribution in [1.82, 2.24) is 0 Å². The molecule has 258 valence electrons. The van der Waals surface area contributed by atoms with Crippen molar-refractivity contribution < 1.29 is 48.8 Å². The number of benzene rings is 5. The number of hydrogen-bond donors (Lipinski definition) is 5. The number of amidine groups is 1. The van der Waals surface area contributed by atoms with Crippen molar-refractivity contribution in [3.63, 3.8) is 0 Å². The number of ether oxygens (including phenoxy) is 1. The number of anilines is 1. The number of nitrogens with one attached hydrogen (secondary N) is 1.